The first-order chi connectivity index (χ1) is 13.0. The topological polar surface area (TPSA) is 71.8 Å². The molecule has 3 rings (SSSR count). The maximum absolute atomic E-state index is 12.7. The summed E-state index contributed by atoms with van der Waals surface area (Å²) in [5.74, 6) is -0.196. The second kappa shape index (κ2) is 10.3. The van der Waals surface area contributed by atoms with E-state index in [-0.39, 0.29) is 18.3 Å². The van der Waals surface area contributed by atoms with Crippen LogP contribution in [-0.4, -0.2) is 39.2 Å². The zero-order valence-electron chi connectivity index (χ0n) is 17.0. The molecule has 6 nitrogen and oxygen atoms in total. The molecule has 0 aliphatic carbocycles. The molecular weight excluding hydrogens is 394 g/mol. The lowest BCUT2D eigenvalue weighted by atomic mass is 10.1. The monoisotopic (exact) mass is 423 g/mol. The SMILES string of the molecule is CCC(C)Sc1ccc(NC(=O)c2nnn(C3CCNCC3)c2C)c(C)c1.Cl. The molecule has 8 heteroatoms. The van der Waals surface area contributed by atoms with Crippen molar-refractivity contribution in [1.29, 1.82) is 0 Å². The molecule has 2 N–H and O–H groups in total. The fourth-order valence-electron chi connectivity index (χ4n) is 3.30. The van der Waals surface area contributed by atoms with Crippen LogP contribution >= 0.6 is 24.2 Å². The fraction of sp³-hybridized carbons (Fsp3) is 0.550. The summed E-state index contributed by atoms with van der Waals surface area (Å²) >= 11 is 1.86. The lowest BCUT2D eigenvalue weighted by molar-refractivity contribution is 0.102. The van der Waals surface area contributed by atoms with Gasteiger partial charge in [-0.2, -0.15) is 0 Å². The molecule has 2 aromatic rings. The van der Waals surface area contributed by atoms with E-state index < -0.39 is 0 Å². The third-order valence-electron chi connectivity index (χ3n) is 5.16. The van der Waals surface area contributed by atoms with Crippen molar-refractivity contribution < 1.29 is 4.79 Å². The minimum atomic E-state index is -0.196. The van der Waals surface area contributed by atoms with E-state index in [0.29, 0.717) is 17.0 Å². The van der Waals surface area contributed by atoms with Crippen molar-refractivity contribution in [3.05, 3.63) is 35.2 Å². The van der Waals surface area contributed by atoms with Gasteiger partial charge in [0.05, 0.1) is 11.7 Å². The van der Waals surface area contributed by atoms with Crippen LogP contribution in [0.5, 0.6) is 0 Å². The van der Waals surface area contributed by atoms with Crippen LogP contribution < -0.4 is 10.6 Å². The van der Waals surface area contributed by atoms with E-state index in [1.54, 1.807) is 0 Å². The Kier molecular flexibility index (Phi) is 8.34. The second-order valence-corrected chi connectivity index (χ2v) is 8.73. The molecule has 1 aromatic heterocycles. The van der Waals surface area contributed by atoms with E-state index >= 15 is 0 Å². The van der Waals surface area contributed by atoms with Gasteiger partial charge in [-0.25, -0.2) is 4.68 Å². The van der Waals surface area contributed by atoms with E-state index in [4.69, 9.17) is 0 Å². The van der Waals surface area contributed by atoms with E-state index in [0.717, 1.165) is 49.3 Å². The number of amides is 1. The average Bonchev–Trinajstić information content (AvgIpc) is 3.06. The summed E-state index contributed by atoms with van der Waals surface area (Å²) in [6, 6.07) is 6.49. The van der Waals surface area contributed by atoms with Crippen molar-refractivity contribution in [1.82, 2.24) is 20.3 Å². The quantitative estimate of drug-likeness (QED) is 0.674. The first-order valence-corrected chi connectivity index (χ1v) is 10.6. The van der Waals surface area contributed by atoms with Gasteiger partial charge in [-0.15, -0.1) is 29.3 Å². The maximum Gasteiger partial charge on any atom is 0.278 e. The number of thioether (sulfide) groups is 1. The Labute approximate surface area is 177 Å². The molecule has 0 radical (unpaired) electrons. The molecule has 1 unspecified atom stereocenters. The number of halogens is 1. The van der Waals surface area contributed by atoms with Crippen LogP contribution in [0.1, 0.15) is 60.9 Å². The van der Waals surface area contributed by atoms with Gasteiger partial charge in [0.2, 0.25) is 0 Å². The highest BCUT2D eigenvalue weighted by atomic mass is 35.5. The number of nitrogens with one attached hydrogen (secondary N) is 2. The minimum Gasteiger partial charge on any atom is -0.320 e. The van der Waals surface area contributed by atoms with Gasteiger partial charge >= 0.3 is 0 Å². The van der Waals surface area contributed by atoms with Crippen molar-refractivity contribution >= 4 is 35.8 Å². The van der Waals surface area contributed by atoms with Gasteiger partial charge in [0.25, 0.3) is 5.91 Å². The summed E-state index contributed by atoms with van der Waals surface area (Å²) < 4.78 is 1.91. The zero-order chi connectivity index (χ0) is 19.4. The molecule has 2 heterocycles. The predicted octanol–water partition coefficient (Wildman–Crippen LogP) is 4.38. The minimum absolute atomic E-state index is 0. The van der Waals surface area contributed by atoms with Gasteiger partial charge in [0.1, 0.15) is 0 Å². The number of aromatic nitrogens is 3. The molecule has 154 valence electrons. The van der Waals surface area contributed by atoms with Gasteiger partial charge in [-0.1, -0.05) is 19.1 Å². The molecular formula is C20H30ClN5OS. The van der Waals surface area contributed by atoms with Crippen molar-refractivity contribution in [3.63, 3.8) is 0 Å². The summed E-state index contributed by atoms with van der Waals surface area (Å²) in [4.78, 5) is 14.0. The number of aryl methyl sites for hydroxylation is 1. The third kappa shape index (κ3) is 5.27. The van der Waals surface area contributed by atoms with Crippen molar-refractivity contribution in [3.8, 4) is 0 Å². The standard InChI is InChI=1S/C20H29N5OS.ClH/c1-5-14(3)27-17-6-7-18(13(2)12-17)22-20(26)19-15(4)25(24-23-19)16-8-10-21-11-9-16;/h6-7,12,14,16,21H,5,8-11H2,1-4H3,(H,22,26);1H. The van der Waals surface area contributed by atoms with Crippen LogP contribution in [-0.2, 0) is 0 Å². The number of hydrogen-bond donors (Lipinski definition) is 2. The van der Waals surface area contributed by atoms with Gasteiger partial charge in [-0.05, 0) is 70.0 Å². The zero-order valence-corrected chi connectivity index (χ0v) is 18.6. The third-order valence-corrected chi connectivity index (χ3v) is 6.42. The number of carbonyl (C=O) groups excluding carboxylic acids is 1. The number of nitrogens with zero attached hydrogens (tertiary/aromatic N) is 3. The Morgan fingerprint density at radius 3 is 2.71 bits per heavy atom. The normalized spacial score (nSPS) is 15.7. The summed E-state index contributed by atoms with van der Waals surface area (Å²) in [7, 11) is 0. The number of anilines is 1. The summed E-state index contributed by atoms with van der Waals surface area (Å²) in [6.45, 7) is 10.3. The summed E-state index contributed by atoms with van der Waals surface area (Å²) in [6.07, 6.45) is 3.16. The van der Waals surface area contributed by atoms with Gasteiger partial charge in [-0.3, -0.25) is 4.79 Å². The largest absolute Gasteiger partial charge is 0.320 e. The lowest BCUT2D eigenvalue weighted by Crippen LogP contribution is -2.30. The Morgan fingerprint density at radius 2 is 2.07 bits per heavy atom. The fourth-order valence-corrected chi connectivity index (χ4v) is 4.32. The van der Waals surface area contributed by atoms with Crippen LogP contribution in [0.15, 0.2) is 23.1 Å². The maximum atomic E-state index is 12.7. The van der Waals surface area contributed by atoms with Crippen LogP contribution in [0.2, 0.25) is 0 Å². The molecule has 1 aromatic carbocycles. The van der Waals surface area contributed by atoms with Gasteiger partial charge < -0.3 is 10.6 Å². The summed E-state index contributed by atoms with van der Waals surface area (Å²) in [5.41, 5.74) is 3.12. The van der Waals surface area contributed by atoms with Crippen LogP contribution in [0.3, 0.4) is 0 Å². The van der Waals surface area contributed by atoms with Gasteiger partial charge in [0, 0.05) is 15.8 Å². The molecule has 1 saturated heterocycles. The summed E-state index contributed by atoms with van der Waals surface area (Å²) in [5, 5.41) is 15.3. The molecule has 1 atom stereocenters. The van der Waals surface area contributed by atoms with E-state index in [1.165, 1.54) is 4.90 Å². The van der Waals surface area contributed by atoms with E-state index in [1.807, 2.05) is 36.4 Å². The molecule has 1 fully saturated rings. The Hall–Kier alpha value is -1.57. The molecule has 1 amide bonds. The molecule has 28 heavy (non-hydrogen) atoms. The van der Waals surface area contributed by atoms with Crippen molar-refractivity contribution in [2.45, 2.75) is 63.1 Å². The molecule has 1 aliphatic heterocycles. The lowest BCUT2D eigenvalue weighted by Gasteiger charge is -2.23. The highest BCUT2D eigenvalue weighted by molar-refractivity contribution is 7.99. The first kappa shape index (κ1) is 22.7. The number of hydrogen-bond acceptors (Lipinski definition) is 5. The van der Waals surface area contributed by atoms with Crippen molar-refractivity contribution in [2.24, 2.45) is 0 Å². The van der Waals surface area contributed by atoms with Crippen molar-refractivity contribution in [2.75, 3.05) is 18.4 Å². The smallest absolute Gasteiger partial charge is 0.278 e. The molecule has 0 spiro atoms. The Bertz CT molecular complexity index is 804. The van der Waals surface area contributed by atoms with Crippen LogP contribution in [0.25, 0.3) is 0 Å². The number of rotatable bonds is 6. The Balaban J connectivity index is 0.00000280. The van der Waals surface area contributed by atoms with Gasteiger partial charge in [0.15, 0.2) is 5.69 Å². The average molecular weight is 424 g/mol. The Morgan fingerprint density at radius 1 is 1.36 bits per heavy atom. The number of benzene rings is 1. The molecule has 0 saturated carbocycles. The molecule has 0 bridgehead atoms. The highest BCUT2D eigenvalue weighted by Gasteiger charge is 2.23. The number of piperidine rings is 1. The second-order valence-electron chi connectivity index (χ2n) is 7.22. The van der Waals surface area contributed by atoms with E-state index in [9.17, 15) is 4.79 Å². The molecule has 1 aliphatic rings. The number of carbonyl (C=O) groups is 1. The highest BCUT2D eigenvalue weighted by Crippen LogP contribution is 2.29. The first-order valence-electron chi connectivity index (χ1n) is 9.70. The predicted molar refractivity (Wildman–Crippen MR) is 118 cm³/mol. The van der Waals surface area contributed by atoms with E-state index in [2.05, 4.69) is 46.9 Å². The van der Waals surface area contributed by atoms with Crippen LogP contribution in [0, 0.1) is 13.8 Å². The van der Waals surface area contributed by atoms with Crippen LogP contribution in [0.4, 0.5) is 5.69 Å².